The fourth-order valence-electron chi connectivity index (χ4n) is 4.75. The summed E-state index contributed by atoms with van der Waals surface area (Å²) in [6.45, 7) is 0. The Morgan fingerprint density at radius 1 is 0.590 bits per heavy atom. The second-order valence-corrected chi connectivity index (χ2v) is 9.61. The zero-order chi connectivity index (χ0) is 25.5. The maximum absolute atomic E-state index is 5.77. The second-order valence-electron chi connectivity index (χ2n) is 8.63. The summed E-state index contributed by atoms with van der Waals surface area (Å²) in [4.78, 5) is 51.2. The van der Waals surface area contributed by atoms with Crippen LogP contribution in [0.2, 0.25) is 0 Å². The fourth-order valence-corrected chi connectivity index (χ4v) is 5.65. The first-order valence-corrected chi connectivity index (χ1v) is 12.5. The number of hydrogen-bond donors (Lipinski definition) is 0. The Labute approximate surface area is 219 Å². The van der Waals surface area contributed by atoms with Gasteiger partial charge in [0.05, 0.1) is 40.4 Å². The van der Waals surface area contributed by atoms with Crippen molar-refractivity contribution in [3.8, 4) is 17.1 Å². The summed E-state index contributed by atoms with van der Waals surface area (Å²) in [5, 5.41) is 2.40. The van der Waals surface area contributed by atoms with Crippen molar-refractivity contribution in [3.05, 3.63) is 62.1 Å². The number of thiophene rings is 1. The van der Waals surface area contributed by atoms with Crippen LogP contribution in [0.4, 0.5) is 0 Å². The van der Waals surface area contributed by atoms with Gasteiger partial charge in [0, 0.05) is 24.8 Å². The second kappa shape index (κ2) is 7.45. The predicted octanol–water partition coefficient (Wildman–Crippen LogP) is 4.06. The number of fused-ring (bicyclic) bond motifs is 9. The zero-order valence-corrected chi connectivity index (χ0v) is 20.3. The third kappa shape index (κ3) is 2.85. The van der Waals surface area contributed by atoms with Gasteiger partial charge in [-0.15, -0.1) is 0 Å². The molecule has 0 radical (unpaired) electrons. The molecule has 0 aliphatic heterocycles. The van der Waals surface area contributed by atoms with E-state index >= 15 is 0 Å². The lowest BCUT2D eigenvalue weighted by Gasteiger charge is -2.05. The van der Waals surface area contributed by atoms with E-state index in [0.717, 1.165) is 37.0 Å². The van der Waals surface area contributed by atoms with E-state index in [1.807, 2.05) is 10.6 Å². The summed E-state index contributed by atoms with van der Waals surface area (Å²) < 4.78 is 7.65. The number of hydrogen-bond acceptors (Lipinski definition) is 13. The highest BCUT2D eigenvalue weighted by atomic mass is 32.1. The fraction of sp³-hybridized carbons (Fsp3) is 0. The largest absolute Gasteiger partial charge is 0.419 e. The van der Waals surface area contributed by atoms with Gasteiger partial charge in [0.2, 0.25) is 11.4 Å². The molecule has 9 rings (SSSR count). The van der Waals surface area contributed by atoms with Gasteiger partial charge in [0.25, 0.3) is 0 Å². The molecule has 182 valence electrons. The van der Waals surface area contributed by atoms with E-state index in [2.05, 4.69) is 39.9 Å². The molecule has 0 aliphatic carbocycles. The Morgan fingerprint density at radius 2 is 1.36 bits per heavy atom. The Bertz CT molecular complexity index is 2430. The van der Waals surface area contributed by atoms with Crippen LogP contribution >= 0.6 is 11.3 Å². The number of rotatable bonds is 2. The topological polar surface area (TPSA) is 160 Å². The molecule has 0 saturated heterocycles. The Balaban J connectivity index is 1.28. The molecular weight excluding hydrogens is 516 g/mol. The van der Waals surface area contributed by atoms with E-state index in [4.69, 9.17) is 19.4 Å². The number of nitrogens with zero attached hydrogens (tertiary/aromatic N) is 12. The highest BCUT2D eigenvalue weighted by Crippen LogP contribution is 2.33. The minimum Gasteiger partial charge on any atom is -0.419 e. The van der Waals surface area contributed by atoms with Gasteiger partial charge < -0.3 is 4.42 Å². The molecule has 14 heteroatoms. The van der Waals surface area contributed by atoms with Crippen molar-refractivity contribution in [2.75, 3.05) is 0 Å². The van der Waals surface area contributed by atoms with Crippen LogP contribution in [0.3, 0.4) is 0 Å². The molecule has 0 atom stereocenters. The SMILES string of the molecule is c1ncc2c(n1)oc1ncc(-n3c4nccnc4c4nc(-c5cnc6sc7ncncc7c6n5)cnc43)cc12. The van der Waals surface area contributed by atoms with Gasteiger partial charge in [-0.2, -0.15) is 0 Å². The van der Waals surface area contributed by atoms with E-state index in [0.29, 0.717) is 45.1 Å². The van der Waals surface area contributed by atoms with Crippen LogP contribution in [-0.4, -0.2) is 59.4 Å². The van der Waals surface area contributed by atoms with E-state index in [1.165, 1.54) is 24.0 Å². The van der Waals surface area contributed by atoms with Gasteiger partial charge in [-0.3, -0.25) is 4.57 Å². The molecule has 0 saturated carbocycles. The van der Waals surface area contributed by atoms with E-state index in [9.17, 15) is 0 Å². The molecule has 0 aliphatic rings. The maximum atomic E-state index is 5.77. The van der Waals surface area contributed by atoms with Crippen molar-refractivity contribution in [2.24, 2.45) is 0 Å². The average molecular weight is 527 g/mol. The molecule has 0 aromatic carbocycles. The van der Waals surface area contributed by atoms with E-state index in [1.54, 1.807) is 43.4 Å². The molecular formula is C25H10N12OS. The van der Waals surface area contributed by atoms with Crippen LogP contribution in [0.1, 0.15) is 0 Å². The molecule has 39 heavy (non-hydrogen) atoms. The molecule has 0 bridgehead atoms. The van der Waals surface area contributed by atoms with Crippen molar-refractivity contribution in [1.29, 1.82) is 0 Å². The lowest BCUT2D eigenvalue weighted by molar-refractivity contribution is 0.639. The summed E-state index contributed by atoms with van der Waals surface area (Å²) in [5.74, 6) is 0. The zero-order valence-electron chi connectivity index (χ0n) is 19.5. The molecule has 9 aromatic heterocycles. The maximum Gasteiger partial charge on any atom is 0.232 e. The number of furan rings is 1. The first-order chi connectivity index (χ1) is 19.3. The summed E-state index contributed by atoms with van der Waals surface area (Å²) in [5.41, 5.74) is 5.89. The van der Waals surface area contributed by atoms with Crippen molar-refractivity contribution in [2.45, 2.75) is 0 Å². The Morgan fingerprint density at radius 3 is 2.31 bits per heavy atom. The van der Waals surface area contributed by atoms with Crippen LogP contribution in [0, 0.1) is 0 Å². The summed E-state index contributed by atoms with van der Waals surface area (Å²) in [6, 6.07) is 1.95. The smallest absolute Gasteiger partial charge is 0.232 e. The molecule has 9 heterocycles. The van der Waals surface area contributed by atoms with Gasteiger partial charge in [0.15, 0.2) is 11.3 Å². The van der Waals surface area contributed by atoms with Crippen molar-refractivity contribution >= 4 is 76.4 Å². The van der Waals surface area contributed by atoms with Crippen LogP contribution in [0.25, 0.3) is 82.2 Å². The first-order valence-electron chi connectivity index (χ1n) is 11.6. The highest BCUT2D eigenvalue weighted by molar-refractivity contribution is 7.25. The van der Waals surface area contributed by atoms with Crippen molar-refractivity contribution < 1.29 is 4.42 Å². The standard InChI is InChI=1S/C25H10N12OS/c1-2-29-20-18(28-1)19-21(37(20)11-3-12-13-5-26-9-33-23(13)38-22(12)31-4-11)30-7-15(36-19)16-8-32-25-17(35-16)14-6-27-10-34-24(14)39-25/h1-10H. The van der Waals surface area contributed by atoms with Crippen LogP contribution < -0.4 is 0 Å². The summed E-state index contributed by atoms with van der Waals surface area (Å²) in [6.07, 6.45) is 14.7. The number of aromatic nitrogens is 12. The molecule has 0 N–H and O–H groups in total. The molecule has 13 nitrogen and oxygen atoms in total. The van der Waals surface area contributed by atoms with Crippen LogP contribution in [-0.2, 0) is 0 Å². The molecule has 0 fully saturated rings. The lowest BCUT2D eigenvalue weighted by atomic mass is 10.2. The third-order valence-electron chi connectivity index (χ3n) is 6.46. The van der Waals surface area contributed by atoms with Crippen molar-refractivity contribution in [1.82, 2.24) is 59.4 Å². The Hall–Kier alpha value is -5.63. The Kier molecular flexibility index (Phi) is 3.90. The minimum absolute atomic E-state index is 0.467. The number of pyridine rings is 1. The monoisotopic (exact) mass is 526 g/mol. The first kappa shape index (κ1) is 20.4. The van der Waals surface area contributed by atoms with Gasteiger partial charge in [0.1, 0.15) is 50.3 Å². The molecule has 0 spiro atoms. The van der Waals surface area contributed by atoms with Gasteiger partial charge in [-0.1, -0.05) is 11.3 Å². The van der Waals surface area contributed by atoms with Crippen LogP contribution in [0.5, 0.6) is 0 Å². The quantitative estimate of drug-likeness (QED) is 0.318. The molecule has 0 amide bonds. The lowest BCUT2D eigenvalue weighted by Crippen LogP contribution is -1.98. The van der Waals surface area contributed by atoms with Gasteiger partial charge in [-0.25, -0.2) is 54.8 Å². The van der Waals surface area contributed by atoms with Gasteiger partial charge in [-0.05, 0) is 6.07 Å². The van der Waals surface area contributed by atoms with Crippen molar-refractivity contribution in [3.63, 3.8) is 0 Å². The molecule has 9 aromatic rings. The van der Waals surface area contributed by atoms with E-state index in [-0.39, 0.29) is 0 Å². The predicted molar refractivity (Wildman–Crippen MR) is 142 cm³/mol. The summed E-state index contributed by atoms with van der Waals surface area (Å²) in [7, 11) is 0. The molecule has 0 unspecified atom stereocenters. The highest BCUT2D eigenvalue weighted by Gasteiger charge is 2.20. The minimum atomic E-state index is 0.467. The van der Waals surface area contributed by atoms with E-state index < -0.39 is 0 Å². The van der Waals surface area contributed by atoms with Crippen LogP contribution in [0.15, 0.2) is 66.5 Å². The normalized spacial score (nSPS) is 12.1. The summed E-state index contributed by atoms with van der Waals surface area (Å²) >= 11 is 1.47. The third-order valence-corrected chi connectivity index (χ3v) is 7.47. The average Bonchev–Trinajstić information content (AvgIpc) is 3.65. The van der Waals surface area contributed by atoms with Gasteiger partial charge >= 0.3 is 0 Å².